The van der Waals surface area contributed by atoms with E-state index < -0.39 is 43.1 Å². The first-order chi connectivity index (χ1) is 17.3. The number of nitrogens with one attached hydrogen (secondary N) is 2. The number of ether oxygens (including phenoxy) is 1. The number of sulfonamides is 1. The summed E-state index contributed by atoms with van der Waals surface area (Å²) in [5.74, 6) is -2.27. The van der Waals surface area contributed by atoms with Crippen molar-refractivity contribution in [2.24, 2.45) is 5.73 Å². The lowest BCUT2D eigenvalue weighted by Crippen LogP contribution is -2.29. The number of hydrogen-bond donors (Lipinski definition) is 4. The summed E-state index contributed by atoms with van der Waals surface area (Å²) in [6, 6.07) is 14.4. The minimum Gasteiger partial charge on any atom is -0.546 e. The summed E-state index contributed by atoms with van der Waals surface area (Å²) in [6.45, 7) is -0.936. The van der Waals surface area contributed by atoms with Crippen molar-refractivity contribution in [2.45, 2.75) is 16.2 Å². The standard InChI is InChI=1S/C24H25N3O8S2/c1-36(31,32)21-5-3-2-4-18(21)16-7-6-15(20(12-16)35-14-23(29)30)10-11-27-37(33,34)22-13-17(24(25)26)8-9-19(22)28/h2-9,12-13,27-28H,10-11,14H2,1H3,(H3,25,26)(H,29,30)/p-1. The molecule has 0 saturated heterocycles. The van der Waals surface area contributed by atoms with Gasteiger partial charge < -0.3 is 25.5 Å². The van der Waals surface area contributed by atoms with Crippen LogP contribution in [0.2, 0.25) is 0 Å². The van der Waals surface area contributed by atoms with Gasteiger partial charge in [0.05, 0.1) is 10.9 Å². The van der Waals surface area contributed by atoms with Crippen LogP contribution in [0.1, 0.15) is 11.1 Å². The van der Waals surface area contributed by atoms with Crippen LogP contribution in [0.15, 0.2) is 70.5 Å². The Hall–Kier alpha value is -3.94. The molecular weight excluding hydrogens is 522 g/mol. The molecule has 3 rings (SSSR count). The highest BCUT2D eigenvalue weighted by molar-refractivity contribution is 7.91. The second-order valence-corrected chi connectivity index (χ2v) is 11.7. The van der Waals surface area contributed by atoms with Gasteiger partial charge in [-0.25, -0.2) is 21.6 Å². The number of phenols is 1. The lowest BCUT2D eigenvalue weighted by Gasteiger charge is -2.16. The number of sulfone groups is 1. The normalized spacial score (nSPS) is 11.7. The van der Waals surface area contributed by atoms with Crippen LogP contribution in [0.5, 0.6) is 11.5 Å². The van der Waals surface area contributed by atoms with E-state index in [0.29, 0.717) is 16.7 Å². The van der Waals surface area contributed by atoms with Gasteiger partial charge in [0.25, 0.3) is 0 Å². The van der Waals surface area contributed by atoms with Crippen LogP contribution in [0.3, 0.4) is 0 Å². The van der Waals surface area contributed by atoms with Crippen LogP contribution in [0.4, 0.5) is 0 Å². The Kier molecular flexibility index (Phi) is 8.21. The molecule has 0 spiro atoms. The number of aliphatic carboxylic acids is 1. The molecular formula is C24H24N3O8S2-. The largest absolute Gasteiger partial charge is 0.546 e. The summed E-state index contributed by atoms with van der Waals surface area (Å²) in [5.41, 5.74) is 6.78. The average molecular weight is 547 g/mol. The Balaban J connectivity index is 1.89. The van der Waals surface area contributed by atoms with Gasteiger partial charge in [0.15, 0.2) is 9.84 Å². The van der Waals surface area contributed by atoms with Gasteiger partial charge in [0.1, 0.15) is 28.8 Å². The van der Waals surface area contributed by atoms with E-state index in [4.69, 9.17) is 15.9 Å². The van der Waals surface area contributed by atoms with Crippen LogP contribution in [-0.4, -0.2) is 53.2 Å². The molecule has 0 fully saturated rings. The average Bonchev–Trinajstić information content (AvgIpc) is 2.82. The maximum absolute atomic E-state index is 12.7. The number of carbonyl (C=O) groups is 1. The first-order valence-electron chi connectivity index (χ1n) is 10.7. The van der Waals surface area contributed by atoms with E-state index in [1.54, 1.807) is 30.3 Å². The van der Waals surface area contributed by atoms with Crippen molar-refractivity contribution in [1.82, 2.24) is 4.72 Å². The van der Waals surface area contributed by atoms with Gasteiger partial charge in [0.2, 0.25) is 10.0 Å². The molecule has 0 aliphatic heterocycles. The minimum atomic E-state index is -4.19. The number of phenolic OH excluding ortho intramolecular Hbond substituents is 1. The number of hydrogen-bond acceptors (Lipinski definition) is 9. The number of nitrogen functional groups attached to an aromatic ring is 1. The van der Waals surface area contributed by atoms with E-state index >= 15 is 0 Å². The second kappa shape index (κ2) is 11.0. The summed E-state index contributed by atoms with van der Waals surface area (Å²) in [6.07, 6.45) is 1.13. The quantitative estimate of drug-likeness (QED) is 0.194. The summed E-state index contributed by atoms with van der Waals surface area (Å²) in [5, 5.41) is 28.4. The highest BCUT2D eigenvalue weighted by Gasteiger charge is 2.20. The fourth-order valence-corrected chi connectivity index (χ4v) is 5.59. The van der Waals surface area contributed by atoms with Crippen LogP contribution < -0.4 is 20.3 Å². The van der Waals surface area contributed by atoms with Crippen molar-refractivity contribution in [1.29, 1.82) is 5.41 Å². The van der Waals surface area contributed by atoms with E-state index in [-0.39, 0.29) is 35.0 Å². The number of benzene rings is 3. The van der Waals surface area contributed by atoms with E-state index in [2.05, 4.69) is 4.72 Å². The fraction of sp³-hybridized carbons (Fsp3) is 0.167. The molecule has 0 heterocycles. The number of aromatic hydroxyl groups is 1. The van der Waals surface area contributed by atoms with Gasteiger partial charge in [0, 0.05) is 23.9 Å². The van der Waals surface area contributed by atoms with E-state index in [1.165, 1.54) is 18.2 Å². The molecule has 37 heavy (non-hydrogen) atoms. The lowest BCUT2D eigenvalue weighted by atomic mass is 10.0. The summed E-state index contributed by atoms with van der Waals surface area (Å²) in [7, 11) is -7.76. The predicted molar refractivity (Wildman–Crippen MR) is 134 cm³/mol. The minimum absolute atomic E-state index is 0.0583. The maximum atomic E-state index is 12.7. The molecule has 0 atom stereocenters. The summed E-state index contributed by atoms with van der Waals surface area (Å²) in [4.78, 5) is 10.6. The van der Waals surface area contributed by atoms with Gasteiger partial charge in [-0.2, -0.15) is 0 Å². The third kappa shape index (κ3) is 6.84. The van der Waals surface area contributed by atoms with Crippen LogP contribution in [0, 0.1) is 5.41 Å². The zero-order chi connectivity index (χ0) is 27.4. The number of rotatable bonds is 11. The van der Waals surface area contributed by atoms with Gasteiger partial charge in [-0.05, 0) is 47.9 Å². The molecule has 11 nitrogen and oxygen atoms in total. The number of carboxylic acids is 1. The monoisotopic (exact) mass is 546 g/mol. The molecule has 3 aromatic rings. The number of nitrogens with two attached hydrogens (primary N) is 1. The zero-order valence-corrected chi connectivity index (χ0v) is 21.2. The van der Waals surface area contributed by atoms with Crippen molar-refractivity contribution < 1.29 is 36.6 Å². The molecule has 0 aliphatic carbocycles. The van der Waals surface area contributed by atoms with Gasteiger partial charge in [-0.1, -0.05) is 30.3 Å². The van der Waals surface area contributed by atoms with Crippen molar-refractivity contribution in [3.05, 3.63) is 71.8 Å². The second-order valence-electron chi connectivity index (χ2n) is 8.00. The first kappa shape index (κ1) is 27.6. The van der Waals surface area contributed by atoms with Crippen LogP contribution >= 0.6 is 0 Å². The van der Waals surface area contributed by atoms with E-state index in [0.717, 1.165) is 18.4 Å². The number of amidine groups is 1. The molecule has 196 valence electrons. The maximum Gasteiger partial charge on any atom is 0.244 e. The molecule has 0 radical (unpaired) electrons. The molecule has 0 bridgehead atoms. The number of carbonyl (C=O) groups excluding carboxylic acids is 1. The number of carboxylic acid groups (broad SMARTS) is 1. The van der Waals surface area contributed by atoms with Crippen molar-refractivity contribution in [3.8, 4) is 22.6 Å². The third-order valence-corrected chi connectivity index (χ3v) is 7.90. The van der Waals surface area contributed by atoms with Crippen molar-refractivity contribution in [2.75, 3.05) is 19.4 Å². The Morgan fingerprint density at radius 2 is 1.76 bits per heavy atom. The molecule has 0 aromatic heterocycles. The van der Waals surface area contributed by atoms with E-state index in [1.807, 2.05) is 0 Å². The molecule has 3 aromatic carbocycles. The first-order valence-corrected chi connectivity index (χ1v) is 14.1. The highest BCUT2D eigenvalue weighted by atomic mass is 32.2. The Morgan fingerprint density at radius 3 is 2.41 bits per heavy atom. The smallest absolute Gasteiger partial charge is 0.244 e. The fourth-order valence-electron chi connectivity index (χ4n) is 3.52. The molecule has 0 aliphatic rings. The van der Waals surface area contributed by atoms with Crippen LogP contribution in [-0.2, 0) is 31.1 Å². The van der Waals surface area contributed by atoms with Crippen molar-refractivity contribution >= 4 is 31.7 Å². The lowest BCUT2D eigenvalue weighted by molar-refractivity contribution is -0.307. The van der Waals surface area contributed by atoms with Gasteiger partial charge in [-0.15, -0.1) is 0 Å². The summed E-state index contributed by atoms with van der Waals surface area (Å²) >= 11 is 0. The van der Waals surface area contributed by atoms with Crippen molar-refractivity contribution in [3.63, 3.8) is 0 Å². The zero-order valence-electron chi connectivity index (χ0n) is 19.6. The predicted octanol–water partition coefficient (Wildman–Crippen LogP) is 0.396. The Labute approximate surface area is 214 Å². The highest BCUT2D eigenvalue weighted by Crippen LogP contribution is 2.32. The third-order valence-electron chi connectivity index (χ3n) is 5.26. The molecule has 5 N–H and O–H groups in total. The topological polar surface area (TPSA) is 200 Å². The van der Waals surface area contributed by atoms with Gasteiger partial charge in [-0.3, -0.25) is 5.41 Å². The molecule has 0 amide bonds. The molecule has 13 heteroatoms. The SMILES string of the molecule is CS(=O)(=O)c1ccccc1-c1ccc(CCNS(=O)(=O)c2cc(C(=N)N)ccc2O)c(OCC(=O)[O-])c1. The van der Waals surface area contributed by atoms with Gasteiger partial charge >= 0.3 is 0 Å². The molecule has 0 saturated carbocycles. The van der Waals surface area contributed by atoms with Crippen LogP contribution in [0.25, 0.3) is 11.1 Å². The Bertz CT molecular complexity index is 1570. The van der Waals surface area contributed by atoms with E-state index in [9.17, 15) is 31.8 Å². The Morgan fingerprint density at radius 1 is 1.05 bits per heavy atom. The summed E-state index contributed by atoms with van der Waals surface area (Å²) < 4.78 is 57.6. The molecule has 0 unspecified atom stereocenters.